The summed E-state index contributed by atoms with van der Waals surface area (Å²) in [6.07, 6.45) is 3.71. The van der Waals surface area contributed by atoms with Crippen molar-refractivity contribution in [1.82, 2.24) is 14.3 Å². The van der Waals surface area contributed by atoms with E-state index in [1.165, 1.54) is 18.2 Å². The highest BCUT2D eigenvalue weighted by Gasteiger charge is 2.17. The van der Waals surface area contributed by atoms with Crippen molar-refractivity contribution < 1.29 is 9.72 Å². The van der Waals surface area contributed by atoms with Crippen LogP contribution in [0.5, 0.6) is 0 Å². The average molecular weight is 331 g/mol. The second-order valence-electron chi connectivity index (χ2n) is 5.67. The highest BCUT2D eigenvalue weighted by molar-refractivity contribution is 5.90. The molecule has 0 radical (unpaired) electrons. The van der Waals surface area contributed by atoms with Crippen molar-refractivity contribution in [3.8, 4) is 0 Å². The molecule has 1 amide bonds. The number of non-ortho nitro benzene ring substituents is 1. The molecule has 0 aliphatic carbocycles. The minimum atomic E-state index is -0.535. The molecule has 0 bridgehead atoms. The first-order valence-corrected chi connectivity index (χ1v) is 7.75. The third kappa shape index (κ3) is 3.34. The Morgan fingerprint density at radius 1 is 1.33 bits per heavy atom. The predicted octanol–water partition coefficient (Wildman–Crippen LogP) is 1.32. The van der Waals surface area contributed by atoms with E-state index in [9.17, 15) is 19.7 Å². The summed E-state index contributed by atoms with van der Waals surface area (Å²) in [4.78, 5) is 34.6. The molecule has 0 saturated carbocycles. The maximum Gasteiger partial charge on any atom is 0.346 e. The van der Waals surface area contributed by atoms with Crippen LogP contribution < -0.4 is 11.0 Å². The van der Waals surface area contributed by atoms with E-state index in [0.29, 0.717) is 18.1 Å². The Morgan fingerprint density at radius 3 is 2.96 bits per heavy atom. The lowest BCUT2D eigenvalue weighted by atomic mass is 10.2. The van der Waals surface area contributed by atoms with Gasteiger partial charge in [-0.15, -0.1) is 0 Å². The van der Waals surface area contributed by atoms with Gasteiger partial charge in [0.2, 0.25) is 5.91 Å². The van der Waals surface area contributed by atoms with E-state index < -0.39 is 10.8 Å². The third-order valence-electron chi connectivity index (χ3n) is 3.92. The molecule has 9 heteroatoms. The molecule has 1 N–H and O–H groups in total. The van der Waals surface area contributed by atoms with Crippen LogP contribution in [0.4, 0.5) is 11.4 Å². The largest absolute Gasteiger partial charge is 0.346 e. The van der Waals surface area contributed by atoms with Gasteiger partial charge in [-0.2, -0.15) is 5.10 Å². The Hall–Kier alpha value is -2.97. The number of fused-ring (bicyclic) bond motifs is 1. The molecule has 1 aromatic heterocycles. The first kappa shape index (κ1) is 15.9. The number of hydrogen-bond donors (Lipinski definition) is 1. The predicted molar refractivity (Wildman–Crippen MR) is 85.8 cm³/mol. The van der Waals surface area contributed by atoms with Gasteiger partial charge in [0.25, 0.3) is 5.69 Å². The fraction of sp³-hybridized carbons (Fsp3) is 0.400. The number of nitro groups is 1. The molecule has 0 spiro atoms. The quantitative estimate of drug-likeness (QED) is 0.670. The SMILES string of the molecule is O=C(Cn1nc2n(c1=O)CCCCC2)Nc1cccc([N+](=O)[O-])c1. The maximum atomic E-state index is 12.3. The molecule has 0 fully saturated rings. The van der Waals surface area contributed by atoms with E-state index in [-0.39, 0.29) is 17.9 Å². The number of amides is 1. The molecular formula is C15H17N5O4. The van der Waals surface area contributed by atoms with Gasteiger partial charge in [-0.3, -0.25) is 19.5 Å². The number of rotatable bonds is 4. The van der Waals surface area contributed by atoms with Crippen molar-refractivity contribution in [2.45, 2.75) is 38.8 Å². The van der Waals surface area contributed by atoms with Gasteiger partial charge in [0, 0.05) is 30.8 Å². The van der Waals surface area contributed by atoms with Gasteiger partial charge in [-0.25, -0.2) is 9.48 Å². The van der Waals surface area contributed by atoms with Gasteiger partial charge in [0.05, 0.1) is 4.92 Å². The number of hydrogen-bond acceptors (Lipinski definition) is 5. The van der Waals surface area contributed by atoms with E-state index in [4.69, 9.17) is 0 Å². The Bertz CT molecular complexity index is 839. The molecule has 2 heterocycles. The number of anilines is 1. The molecule has 0 unspecified atom stereocenters. The lowest BCUT2D eigenvalue weighted by Crippen LogP contribution is -2.30. The first-order chi connectivity index (χ1) is 11.5. The normalized spacial score (nSPS) is 13.8. The maximum absolute atomic E-state index is 12.3. The second-order valence-corrected chi connectivity index (χ2v) is 5.67. The monoisotopic (exact) mass is 331 g/mol. The molecule has 1 aliphatic rings. The molecule has 1 aliphatic heterocycles. The lowest BCUT2D eigenvalue weighted by molar-refractivity contribution is -0.384. The molecule has 126 valence electrons. The summed E-state index contributed by atoms with van der Waals surface area (Å²) in [7, 11) is 0. The highest BCUT2D eigenvalue weighted by atomic mass is 16.6. The summed E-state index contributed by atoms with van der Waals surface area (Å²) in [6.45, 7) is 0.405. The summed E-state index contributed by atoms with van der Waals surface area (Å²) in [6, 6.07) is 5.64. The zero-order valence-corrected chi connectivity index (χ0v) is 13.0. The van der Waals surface area contributed by atoms with Crippen LogP contribution in [0.15, 0.2) is 29.1 Å². The molecule has 3 rings (SSSR count). The Morgan fingerprint density at radius 2 is 2.17 bits per heavy atom. The number of carbonyl (C=O) groups is 1. The highest BCUT2D eigenvalue weighted by Crippen LogP contribution is 2.17. The van der Waals surface area contributed by atoms with E-state index in [1.54, 1.807) is 10.6 Å². The molecule has 0 atom stereocenters. The van der Waals surface area contributed by atoms with Crippen LogP contribution in [0, 0.1) is 10.1 Å². The van der Waals surface area contributed by atoms with Crippen LogP contribution in [0.1, 0.15) is 25.1 Å². The lowest BCUT2D eigenvalue weighted by Gasteiger charge is -2.04. The number of benzene rings is 1. The van der Waals surface area contributed by atoms with Crippen molar-refractivity contribution in [3.05, 3.63) is 50.7 Å². The number of aromatic nitrogens is 3. The standard InChI is InChI=1S/C15H17N5O4/c21-14(16-11-5-4-6-12(9-11)20(23)24)10-19-15(22)18-8-3-1-2-7-13(18)17-19/h4-6,9H,1-3,7-8,10H2,(H,16,21). The van der Waals surface area contributed by atoms with Crippen molar-refractivity contribution >= 4 is 17.3 Å². The van der Waals surface area contributed by atoms with Gasteiger partial charge in [-0.05, 0) is 18.9 Å². The minimum Gasteiger partial charge on any atom is -0.324 e. The number of nitrogens with one attached hydrogen (secondary N) is 1. The zero-order valence-electron chi connectivity index (χ0n) is 13.0. The molecule has 24 heavy (non-hydrogen) atoms. The fourth-order valence-electron chi connectivity index (χ4n) is 2.76. The van der Waals surface area contributed by atoms with Gasteiger partial charge < -0.3 is 5.32 Å². The fourth-order valence-corrected chi connectivity index (χ4v) is 2.76. The summed E-state index contributed by atoms with van der Waals surface area (Å²) in [5.74, 6) is 0.256. The summed E-state index contributed by atoms with van der Waals surface area (Å²) in [5, 5.41) is 17.5. The Labute approximate surface area is 137 Å². The average Bonchev–Trinajstić information content (AvgIpc) is 2.73. The molecule has 0 saturated heterocycles. The van der Waals surface area contributed by atoms with E-state index in [2.05, 4.69) is 10.4 Å². The smallest absolute Gasteiger partial charge is 0.324 e. The summed E-state index contributed by atoms with van der Waals surface area (Å²) < 4.78 is 2.76. The van der Waals surface area contributed by atoms with Crippen LogP contribution in [0.3, 0.4) is 0 Å². The minimum absolute atomic E-state index is 0.112. The third-order valence-corrected chi connectivity index (χ3v) is 3.92. The number of nitrogens with zero attached hydrogens (tertiary/aromatic N) is 4. The van der Waals surface area contributed by atoms with Crippen LogP contribution >= 0.6 is 0 Å². The van der Waals surface area contributed by atoms with E-state index >= 15 is 0 Å². The Kier molecular flexibility index (Phi) is 4.41. The van der Waals surface area contributed by atoms with E-state index in [0.717, 1.165) is 30.4 Å². The van der Waals surface area contributed by atoms with Gasteiger partial charge in [-0.1, -0.05) is 12.5 Å². The van der Waals surface area contributed by atoms with Gasteiger partial charge in [0.1, 0.15) is 12.4 Å². The molecule has 9 nitrogen and oxygen atoms in total. The summed E-state index contributed by atoms with van der Waals surface area (Å²) in [5.41, 5.74) is -0.0946. The van der Waals surface area contributed by atoms with Crippen LogP contribution in [0.25, 0.3) is 0 Å². The van der Waals surface area contributed by atoms with Crippen molar-refractivity contribution in [3.63, 3.8) is 0 Å². The van der Waals surface area contributed by atoms with Crippen LogP contribution in [0.2, 0.25) is 0 Å². The number of nitro benzene ring substituents is 1. The molecule has 2 aromatic rings. The van der Waals surface area contributed by atoms with Crippen molar-refractivity contribution in [2.24, 2.45) is 0 Å². The second kappa shape index (κ2) is 6.65. The Balaban J connectivity index is 1.73. The van der Waals surface area contributed by atoms with Crippen molar-refractivity contribution in [1.29, 1.82) is 0 Å². The van der Waals surface area contributed by atoms with Gasteiger partial charge >= 0.3 is 5.69 Å². The zero-order chi connectivity index (χ0) is 17.1. The van der Waals surface area contributed by atoms with E-state index in [1.807, 2.05) is 0 Å². The molecular weight excluding hydrogens is 314 g/mol. The first-order valence-electron chi connectivity index (χ1n) is 7.75. The van der Waals surface area contributed by atoms with Crippen molar-refractivity contribution in [2.75, 3.05) is 5.32 Å². The number of aryl methyl sites for hydroxylation is 1. The number of carbonyl (C=O) groups excluding carboxylic acids is 1. The summed E-state index contributed by atoms with van der Waals surface area (Å²) >= 11 is 0. The van der Waals surface area contributed by atoms with Crippen LogP contribution in [-0.4, -0.2) is 25.2 Å². The van der Waals surface area contributed by atoms with Gasteiger partial charge in [0.15, 0.2) is 0 Å². The van der Waals surface area contributed by atoms with Crippen LogP contribution in [-0.2, 0) is 24.3 Å². The topological polar surface area (TPSA) is 112 Å². The molecule has 1 aromatic carbocycles.